The zero-order valence-corrected chi connectivity index (χ0v) is 13.5. The number of benzene rings is 1. The van der Waals surface area contributed by atoms with E-state index >= 15 is 0 Å². The summed E-state index contributed by atoms with van der Waals surface area (Å²) in [5, 5.41) is 3.32. The van der Waals surface area contributed by atoms with Crippen LogP contribution in [0.2, 0.25) is 0 Å². The number of amides is 1. The van der Waals surface area contributed by atoms with Crippen molar-refractivity contribution in [2.45, 2.75) is 6.92 Å². The summed E-state index contributed by atoms with van der Waals surface area (Å²) in [6.45, 7) is 1.93. The average molecular weight is 363 g/mol. The molecule has 1 aromatic carbocycles. The van der Waals surface area contributed by atoms with Crippen LogP contribution in [0.4, 0.5) is 5.13 Å². The van der Waals surface area contributed by atoms with E-state index in [0.29, 0.717) is 9.80 Å². The number of hydrogen-bond donors (Lipinski definition) is 1. The Labute approximate surface area is 134 Å². The standard InChI is InChI=1S/C15H11BrN2O2S/c1-9-13(10-5-3-2-4-6-10)21-15(17-9)18-14(19)11-7-8-12(16)20-11/h2-8H,1H3,(H,17,18,19). The van der Waals surface area contributed by atoms with Gasteiger partial charge >= 0.3 is 0 Å². The maximum atomic E-state index is 12.0. The van der Waals surface area contributed by atoms with Crippen LogP contribution in [0.3, 0.4) is 0 Å². The Bertz CT molecular complexity index is 780. The summed E-state index contributed by atoms with van der Waals surface area (Å²) in [6.07, 6.45) is 0. The molecule has 3 rings (SSSR count). The van der Waals surface area contributed by atoms with Gasteiger partial charge in [-0.15, -0.1) is 0 Å². The van der Waals surface area contributed by atoms with Crippen LogP contribution in [0.25, 0.3) is 10.4 Å². The Morgan fingerprint density at radius 1 is 1.24 bits per heavy atom. The lowest BCUT2D eigenvalue weighted by molar-refractivity contribution is 0.0995. The first-order chi connectivity index (χ1) is 10.1. The van der Waals surface area contributed by atoms with E-state index in [9.17, 15) is 4.79 Å². The number of anilines is 1. The van der Waals surface area contributed by atoms with Crippen LogP contribution in [-0.2, 0) is 0 Å². The Morgan fingerprint density at radius 2 is 2.00 bits per heavy atom. The molecule has 0 saturated carbocycles. The van der Waals surface area contributed by atoms with E-state index in [1.165, 1.54) is 11.3 Å². The first kappa shape index (κ1) is 14.0. The molecular formula is C15H11BrN2O2S. The predicted molar refractivity (Wildman–Crippen MR) is 86.6 cm³/mol. The minimum Gasteiger partial charge on any atom is -0.444 e. The summed E-state index contributed by atoms with van der Waals surface area (Å²) in [6, 6.07) is 13.3. The molecule has 106 valence electrons. The molecule has 0 aliphatic rings. The SMILES string of the molecule is Cc1nc(NC(=O)c2ccc(Br)o2)sc1-c1ccccc1. The highest BCUT2D eigenvalue weighted by Gasteiger charge is 2.15. The van der Waals surface area contributed by atoms with Crippen molar-refractivity contribution in [3.8, 4) is 10.4 Å². The van der Waals surface area contributed by atoms with Crippen LogP contribution in [-0.4, -0.2) is 10.9 Å². The van der Waals surface area contributed by atoms with Crippen molar-refractivity contribution in [3.63, 3.8) is 0 Å². The number of aryl methyl sites for hydroxylation is 1. The van der Waals surface area contributed by atoms with Crippen LogP contribution in [0.15, 0.2) is 51.6 Å². The molecule has 0 aliphatic heterocycles. The van der Waals surface area contributed by atoms with E-state index in [1.54, 1.807) is 12.1 Å². The molecule has 1 amide bonds. The quantitative estimate of drug-likeness (QED) is 0.732. The monoisotopic (exact) mass is 362 g/mol. The molecule has 0 bridgehead atoms. The molecule has 2 aromatic heterocycles. The van der Waals surface area contributed by atoms with Gasteiger partial charge in [-0.3, -0.25) is 10.1 Å². The molecule has 0 unspecified atom stereocenters. The smallest absolute Gasteiger partial charge is 0.293 e. The third-order valence-corrected chi connectivity index (χ3v) is 4.40. The molecule has 0 spiro atoms. The van der Waals surface area contributed by atoms with E-state index in [2.05, 4.69) is 26.2 Å². The van der Waals surface area contributed by atoms with Crippen LogP contribution in [0, 0.1) is 6.92 Å². The van der Waals surface area contributed by atoms with Gasteiger partial charge in [0.15, 0.2) is 15.6 Å². The number of furan rings is 1. The maximum Gasteiger partial charge on any atom is 0.293 e. The van der Waals surface area contributed by atoms with Crippen molar-refractivity contribution >= 4 is 38.3 Å². The Kier molecular flexibility index (Phi) is 3.90. The fraction of sp³-hybridized carbons (Fsp3) is 0.0667. The molecule has 4 nitrogen and oxygen atoms in total. The number of nitrogens with one attached hydrogen (secondary N) is 1. The molecule has 2 heterocycles. The van der Waals surface area contributed by atoms with Crippen LogP contribution in [0.5, 0.6) is 0 Å². The molecule has 3 aromatic rings. The van der Waals surface area contributed by atoms with Gasteiger partial charge in [0.1, 0.15) is 0 Å². The van der Waals surface area contributed by atoms with Crippen molar-refractivity contribution in [3.05, 3.63) is 58.6 Å². The Balaban J connectivity index is 1.83. The van der Waals surface area contributed by atoms with E-state index in [-0.39, 0.29) is 11.7 Å². The second-order valence-electron chi connectivity index (χ2n) is 4.36. The van der Waals surface area contributed by atoms with Gasteiger partial charge in [0.25, 0.3) is 5.91 Å². The van der Waals surface area contributed by atoms with Crippen LogP contribution in [0.1, 0.15) is 16.2 Å². The molecule has 6 heteroatoms. The lowest BCUT2D eigenvalue weighted by atomic mass is 10.2. The Hall–Kier alpha value is -1.92. The van der Waals surface area contributed by atoms with E-state index in [0.717, 1.165) is 16.1 Å². The van der Waals surface area contributed by atoms with Crippen molar-refractivity contribution in [1.29, 1.82) is 0 Å². The fourth-order valence-corrected chi connectivity index (χ4v) is 3.18. The lowest BCUT2D eigenvalue weighted by Gasteiger charge is -1.97. The highest BCUT2D eigenvalue weighted by atomic mass is 79.9. The van der Waals surface area contributed by atoms with E-state index < -0.39 is 0 Å². The van der Waals surface area contributed by atoms with Crippen LogP contribution >= 0.6 is 27.3 Å². The second-order valence-corrected chi connectivity index (χ2v) is 6.14. The summed E-state index contributed by atoms with van der Waals surface area (Å²) < 4.78 is 5.74. The molecular weight excluding hydrogens is 352 g/mol. The summed E-state index contributed by atoms with van der Waals surface area (Å²) >= 11 is 4.62. The van der Waals surface area contributed by atoms with Crippen LogP contribution < -0.4 is 5.32 Å². The second kappa shape index (κ2) is 5.83. The minimum absolute atomic E-state index is 0.246. The molecule has 1 N–H and O–H groups in total. The van der Waals surface area contributed by atoms with Crippen molar-refractivity contribution in [1.82, 2.24) is 4.98 Å². The molecule has 0 atom stereocenters. The number of hydrogen-bond acceptors (Lipinski definition) is 4. The molecule has 0 saturated heterocycles. The summed E-state index contributed by atoms with van der Waals surface area (Å²) in [4.78, 5) is 17.5. The average Bonchev–Trinajstić information content (AvgIpc) is 3.06. The third kappa shape index (κ3) is 3.06. The Morgan fingerprint density at radius 3 is 2.67 bits per heavy atom. The maximum absolute atomic E-state index is 12.0. The van der Waals surface area contributed by atoms with Gasteiger partial charge in [0, 0.05) is 0 Å². The van der Waals surface area contributed by atoms with Crippen molar-refractivity contribution in [2.24, 2.45) is 0 Å². The summed E-state index contributed by atoms with van der Waals surface area (Å²) in [5.74, 6) is -0.0648. The highest BCUT2D eigenvalue weighted by Crippen LogP contribution is 2.32. The minimum atomic E-state index is -0.311. The van der Waals surface area contributed by atoms with Crippen molar-refractivity contribution in [2.75, 3.05) is 5.32 Å². The fourth-order valence-electron chi connectivity index (χ4n) is 1.90. The van der Waals surface area contributed by atoms with Gasteiger partial charge < -0.3 is 4.42 Å². The number of carbonyl (C=O) groups excluding carboxylic acids is 1. The van der Waals surface area contributed by atoms with Gasteiger partial charge in [-0.05, 0) is 40.5 Å². The number of halogens is 1. The summed E-state index contributed by atoms with van der Waals surface area (Å²) in [5.41, 5.74) is 1.98. The van der Waals surface area contributed by atoms with Gasteiger partial charge in [0.05, 0.1) is 10.6 Å². The van der Waals surface area contributed by atoms with Gasteiger partial charge in [-0.25, -0.2) is 4.98 Å². The number of rotatable bonds is 3. The molecule has 0 aliphatic carbocycles. The number of aromatic nitrogens is 1. The summed E-state index contributed by atoms with van der Waals surface area (Å²) in [7, 11) is 0. The normalized spacial score (nSPS) is 10.6. The first-order valence-electron chi connectivity index (χ1n) is 6.23. The van der Waals surface area contributed by atoms with Gasteiger partial charge in [0.2, 0.25) is 0 Å². The number of thiazole rings is 1. The topological polar surface area (TPSA) is 55.1 Å². The first-order valence-corrected chi connectivity index (χ1v) is 7.84. The van der Waals surface area contributed by atoms with Gasteiger partial charge in [-0.1, -0.05) is 41.7 Å². The highest BCUT2D eigenvalue weighted by molar-refractivity contribution is 9.10. The predicted octanol–water partition coefficient (Wildman–Crippen LogP) is 4.73. The molecule has 0 fully saturated rings. The largest absolute Gasteiger partial charge is 0.444 e. The third-order valence-electron chi connectivity index (χ3n) is 2.85. The number of nitrogens with zero attached hydrogens (tertiary/aromatic N) is 1. The lowest BCUT2D eigenvalue weighted by Crippen LogP contribution is -2.10. The zero-order valence-electron chi connectivity index (χ0n) is 11.1. The zero-order chi connectivity index (χ0) is 14.8. The van der Waals surface area contributed by atoms with E-state index in [4.69, 9.17) is 4.42 Å². The molecule has 21 heavy (non-hydrogen) atoms. The number of carbonyl (C=O) groups is 1. The van der Waals surface area contributed by atoms with Gasteiger partial charge in [-0.2, -0.15) is 0 Å². The van der Waals surface area contributed by atoms with Crippen molar-refractivity contribution < 1.29 is 9.21 Å². The molecule has 0 radical (unpaired) electrons. The van der Waals surface area contributed by atoms with E-state index in [1.807, 2.05) is 37.3 Å².